The van der Waals surface area contributed by atoms with Crippen LogP contribution >= 0.6 is 0 Å². The lowest BCUT2D eigenvalue weighted by Crippen LogP contribution is -2.53. The predicted molar refractivity (Wildman–Crippen MR) is 64.7 cm³/mol. The molecule has 0 bridgehead atoms. The summed E-state index contributed by atoms with van der Waals surface area (Å²) in [5, 5.41) is 7.24. The van der Waals surface area contributed by atoms with Crippen LogP contribution in [0.25, 0.3) is 0 Å². The van der Waals surface area contributed by atoms with Gasteiger partial charge in [0.25, 0.3) is 0 Å². The third-order valence-electron chi connectivity index (χ3n) is 3.21. The van der Waals surface area contributed by atoms with Crippen LogP contribution in [-0.2, 0) is 6.54 Å². The van der Waals surface area contributed by atoms with Crippen LogP contribution < -0.4 is 5.32 Å². The van der Waals surface area contributed by atoms with E-state index in [1.807, 2.05) is 0 Å². The quantitative estimate of drug-likeness (QED) is 0.779. The highest BCUT2D eigenvalue weighted by Gasteiger charge is 2.21. The lowest BCUT2D eigenvalue weighted by Gasteiger charge is -2.37. The number of nitrogens with one attached hydrogen (secondary N) is 1. The highest BCUT2D eigenvalue weighted by Crippen LogP contribution is 2.05. The molecule has 0 saturated carbocycles. The van der Waals surface area contributed by atoms with Crippen molar-refractivity contribution >= 4 is 0 Å². The molecule has 0 spiro atoms. The van der Waals surface area contributed by atoms with Gasteiger partial charge in [-0.15, -0.1) is 0 Å². The molecule has 1 saturated heterocycles. The Morgan fingerprint density at radius 3 is 2.94 bits per heavy atom. The second-order valence-corrected chi connectivity index (χ2v) is 4.76. The number of aromatic nitrogens is 2. The van der Waals surface area contributed by atoms with Crippen molar-refractivity contribution in [2.75, 3.05) is 40.3 Å². The zero-order chi connectivity index (χ0) is 12.3. The van der Waals surface area contributed by atoms with Gasteiger partial charge in [0.05, 0.1) is 6.54 Å². The van der Waals surface area contributed by atoms with Gasteiger partial charge in [0.2, 0.25) is 5.89 Å². The summed E-state index contributed by atoms with van der Waals surface area (Å²) in [5.74, 6) is 1.35. The predicted octanol–water partition coefficient (Wildman–Crippen LogP) is -0.287. The molecule has 0 radical (unpaired) electrons. The lowest BCUT2D eigenvalue weighted by atomic mass is 10.2. The Balaban J connectivity index is 1.74. The highest BCUT2D eigenvalue weighted by atomic mass is 16.5. The molecule has 17 heavy (non-hydrogen) atoms. The molecule has 1 atom stereocenters. The van der Waals surface area contributed by atoms with Crippen LogP contribution in [0.3, 0.4) is 0 Å². The number of piperazine rings is 1. The van der Waals surface area contributed by atoms with Crippen LogP contribution in [0.4, 0.5) is 0 Å². The zero-order valence-corrected chi connectivity index (χ0v) is 10.8. The van der Waals surface area contributed by atoms with E-state index in [1.54, 1.807) is 6.92 Å². The summed E-state index contributed by atoms with van der Waals surface area (Å²) < 4.78 is 4.93. The van der Waals surface area contributed by atoms with E-state index in [4.69, 9.17) is 4.52 Å². The van der Waals surface area contributed by atoms with E-state index in [0.29, 0.717) is 18.5 Å². The molecule has 1 aliphatic heterocycles. The second kappa shape index (κ2) is 5.57. The largest absolute Gasteiger partial charge is 0.340 e. The molecule has 2 heterocycles. The number of likely N-dealkylation sites (N-methyl/N-ethyl adjacent to an activating group) is 2. The summed E-state index contributed by atoms with van der Waals surface area (Å²) in [7, 11) is 4.35. The van der Waals surface area contributed by atoms with Crippen LogP contribution in [0.2, 0.25) is 0 Å². The fourth-order valence-electron chi connectivity index (χ4n) is 2.09. The second-order valence-electron chi connectivity index (χ2n) is 4.76. The van der Waals surface area contributed by atoms with Crippen LogP contribution in [0.5, 0.6) is 0 Å². The number of hydrogen-bond acceptors (Lipinski definition) is 6. The summed E-state index contributed by atoms with van der Waals surface area (Å²) in [6.45, 7) is 6.82. The molecule has 1 aromatic rings. The first kappa shape index (κ1) is 12.5. The topological polar surface area (TPSA) is 57.4 Å². The molecular weight excluding hydrogens is 218 g/mol. The first-order chi connectivity index (χ1) is 8.15. The van der Waals surface area contributed by atoms with Gasteiger partial charge in [-0.1, -0.05) is 5.16 Å². The maximum Gasteiger partial charge on any atom is 0.223 e. The summed E-state index contributed by atoms with van der Waals surface area (Å²) >= 11 is 0. The maximum absolute atomic E-state index is 4.93. The van der Waals surface area contributed by atoms with Crippen LogP contribution in [0.1, 0.15) is 11.7 Å². The SMILES string of the molecule is Cc1nc(CNCC2CN(C)CCN2C)no1. The van der Waals surface area contributed by atoms with Gasteiger partial charge in [-0.3, -0.25) is 4.90 Å². The van der Waals surface area contributed by atoms with E-state index < -0.39 is 0 Å². The van der Waals surface area contributed by atoms with Crippen molar-refractivity contribution in [1.82, 2.24) is 25.3 Å². The minimum Gasteiger partial charge on any atom is -0.340 e. The Morgan fingerprint density at radius 1 is 1.41 bits per heavy atom. The average molecular weight is 239 g/mol. The number of nitrogens with zero attached hydrogens (tertiary/aromatic N) is 4. The van der Waals surface area contributed by atoms with Crippen LogP contribution in [0, 0.1) is 6.92 Å². The summed E-state index contributed by atoms with van der Waals surface area (Å²) in [4.78, 5) is 8.93. The first-order valence-electron chi connectivity index (χ1n) is 6.04. The van der Waals surface area contributed by atoms with Crippen molar-refractivity contribution in [3.8, 4) is 0 Å². The van der Waals surface area contributed by atoms with Gasteiger partial charge in [-0.25, -0.2) is 0 Å². The Morgan fingerprint density at radius 2 is 2.24 bits per heavy atom. The standard InChI is InChI=1S/C11H21N5O/c1-9-13-11(14-17-9)7-12-6-10-8-15(2)4-5-16(10)3/h10,12H,4-8H2,1-3H3. The Bertz CT molecular complexity index is 353. The molecule has 2 rings (SSSR count). The third-order valence-corrected chi connectivity index (χ3v) is 3.21. The third kappa shape index (κ3) is 3.49. The van der Waals surface area contributed by atoms with E-state index >= 15 is 0 Å². The molecule has 1 N–H and O–H groups in total. The van der Waals surface area contributed by atoms with Crippen molar-refractivity contribution in [3.63, 3.8) is 0 Å². The van der Waals surface area contributed by atoms with Crippen molar-refractivity contribution in [1.29, 1.82) is 0 Å². The van der Waals surface area contributed by atoms with Crippen molar-refractivity contribution < 1.29 is 4.52 Å². The molecule has 0 aromatic carbocycles. The maximum atomic E-state index is 4.93. The lowest BCUT2D eigenvalue weighted by molar-refractivity contribution is 0.113. The molecule has 1 aromatic heterocycles. The van der Waals surface area contributed by atoms with Crippen molar-refractivity contribution in [3.05, 3.63) is 11.7 Å². The van der Waals surface area contributed by atoms with E-state index in [9.17, 15) is 0 Å². The average Bonchev–Trinajstić information content (AvgIpc) is 2.69. The molecule has 0 amide bonds. The van der Waals surface area contributed by atoms with E-state index in [0.717, 1.165) is 32.0 Å². The van der Waals surface area contributed by atoms with E-state index in [-0.39, 0.29) is 0 Å². The minimum atomic E-state index is 0.557. The van der Waals surface area contributed by atoms with Gasteiger partial charge in [0.1, 0.15) is 0 Å². The van der Waals surface area contributed by atoms with Gasteiger partial charge in [-0.2, -0.15) is 4.98 Å². The summed E-state index contributed by atoms with van der Waals surface area (Å²) in [6, 6.07) is 0.557. The molecule has 0 aliphatic carbocycles. The van der Waals surface area contributed by atoms with Crippen molar-refractivity contribution in [2.45, 2.75) is 19.5 Å². The molecule has 1 fully saturated rings. The molecule has 96 valence electrons. The molecule has 6 heteroatoms. The Kier molecular flexibility index (Phi) is 4.09. The molecule has 6 nitrogen and oxygen atoms in total. The van der Waals surface area contributed by atoms with Gasteiger partial charge < -0.3 is 14.7 Å². The van der Waals surface area contributed by atoms with E-state index in [1.165, 1.54) is 0 Å². The molecular formula is C11H21N5O. The van der Waals surface area contributed by atoms with Gasteiger partial charge >= 0.3 is 0 Å². The molecule has 1 unspecified atom stereocenters. The van der Waals surface area contributed by atoms with Crippen LogP contribution in [-0.4, -0.2) is 66.3 Å². The summed E-state index contributed by atoms with van der Waals surface area (Å²) in [6.07, 6.45) is 0. The van der Waals surface area contributed by atoms with E-state index in [2.05, 4.69) is 39.4 Å². The number of hydrogen-bond donors (Lipinski definition) is 1. The minimum absolute atomic E-state index is 0.557. The van der Waals surface area contributed by atoms with Gasteiger partial charge in [-0.05, 0) is 14.1 Å². The fourth-order valence-corrected chi connectivity index (χ4v) is 2.09. The summed E-state index contributed by atoms with van der Waals surface area (Å²) in [5.41, 5.74) is 0. The molecule has 1 aliphatic rings. The van der Waals surface area contributed by atoms with Crippen LogP contribution in [0.15, 0.2) is 4.52 Å². The Hall–Kier alpha value is -0.980. The monoisotopic (exact) mass is 239 g/mol. The van der Waals surface area contributed by atoms with Crippen molar-refractivity contribution in [2.24, 2.45) is 0 Å². The highest BCUT2D eigenvalue weighted by molar-refractivity contribution is 4.85. The fraction of sp³-hybridized carbons (Fsp3) is 0.818. The van der Waals surface area contributed by atoms with Gasteiger partial charge in [0.15, 0.2) is 5.82 Å². The first-order valence-corrected chi connectivity index (χ1v) is 6.04. The number of rotatable bonds is 4. The number of aryl methyl sites for hydroxylation is 1. The zero-order valence-electron chi connectivity index (χ0n) is 10.8. The normalized spacial score (nSPS) is 23.1. The smallest absolute Gasteiger partial charge is 0.223 e. The van der Waals surface area contributed by atoms with Gasteiger partial charge in [0, 0.05) is 39.1 Å². The Labute approximate surface area is 102 Å².